The third kappa shape index (κ3) is 5.69. The van der Waals surface area contributed by atoms with Gasteiger partial charge in [0.2, 0.25) is 11.8 Å². The van der Waals surface area contributed by atoms with E-state index >= 15 is 0 Å². The number of hydrogen-bond donors (Lipinski definition) is 1. The molecule has 2 N–H and O–H groups in total. The Labute approximate surface area is 135 Å². The summed E-state index contributed by atoms with van der Waals surface area (Å²) in [4.78, 5) is 27.5. The molecule has 1 aromatic rings. The molecule has 1 aliphatic rings. The molecule has 0 radical (unpaired) electrons. The van der Waals surface area contributed by atoms with Crippen LogP contribution in [0.1, 0.15) is 12.0 Å². The van der Waals surface area contributed by atoms with Crippen LogP contribution in [0.3, 0.4) is 0 Å². The van der Waals surface area contributed by atoms with Crippen molar-refractivity contribution in [2.45, 2.75) is 13.0 Å². The van der Waals surface area contributed by atoms with Crippen LogP contribution in [0.25, 0.3) is 0 Å². The van der Waals surface area contributed by atoms with Crippen LogP contribution in [-0.4, -0.2) is 59.3 Å². The Kier molecular flexibility index (Phi) is 6.74. The van der Waals surface area contributed by atoms with Gasteiger partial charge in [-0.15, -0.1) is 0 Å². The molecule has 1 heterocycles. The number of nitrogens with zero attached hydrogens (tertiary/aromatic N) is 2. The summed E-state index contributed by atoms with van der Waals surface area (Å²) < 4.78 is 0. The SMILES string of the molecule is NC(=O)CCN(Cc1ccccc1)C(=O)CN1CCSCC1. The van der Waals surface area contributed by atoms with E-state index in [2.05, 4.69) is 4.90 Å². The van der Waals surface area contributed by atoms with Crippen molar-refractivity contribution in [3.05, 3.63) is 35.9 Å². The minimum atomic E-state index is -0.375. The zero-order valence-electron chi connectivity index (χ0n) is 12.7. The molecule has 5 nitrogen and oxygen atoms in total. The molecule has 120 valence electrons. The standard InChI is InChI=1S/C16H23N3O2S/c17-15(20)6-7-19(12-14-4-2-1-3-5-14)16(21)13-18-8-10-22-11-9-18/h1-5H,6-13H2,(H2,17,20). The predicted octanol–water partition coefficient (Wildman–Crippen LogP) is 0.939. The Morgan fingerprint density at radius 2 is 1.86 bits per heavy atom. The van der Waals surface area contributed by atoms with E-state index < -0.39 is 0 Å². The Bertz CT molecular complexity index is 489. The van der Waals surface area contributed by atoms with Crippen molar-refractivity contribution >= 4 is 23.6 Å². The molecule has 1 aliphatic heterocycles. The Hall–Kier alpha value is -1.53. The summed E-state index contributed by atoms with van der Waals surface area (Å²) in [6.45, 7) is 3.23. The number of benzene rings is 1. The van der Waals surface area contributed by atoms with E-state index in [1.54, 1.807) is 4.90 Å². The first-order valence-electron chi connectivity index (χ1n) is 7.55. The molecular formula is C16H23N3O2S. The van der Waals surface area contributed by atoms with Gasteiger partial charge in [0.25, 0.3) is 0 Å². The third-order valence-corrected chi connectivity index (χ3v) is 4.60. The van der Waals surface area contributed by atoms with Crippen molar-refractivity contribution < 1.29 is 9.59 Å². The minimum absolute atomic E-state index is 0.0667. The lowest BCUT2D eigenvalue weighted by Gasteiger charge is -2.29. The first kappa shape index (κ1) is 16.8. The fraction of sp³-hybridized carbons (Fsp3) is 0.500. The number of thioether (sulfide) groups is 1. The summed E-state index contributed by atoms with van der Waals surface area (Å²) >= 11 is 1.92. The Balaban J connectivity index is 1.95. The molecule has 1 fully saturated rings. The lowest BCUT2D eigenvalue weighted by atomic mass is 10.2. The normalized spacial score (nSPS) is 15.5. The van der Waals surface area contributed by atoms with Gasteiger partial charge >= 0.3 is 0 Å². The van der Waals surface area contributed by atoms with Gasteiger partial charge in [-0.3, -0.25) is 14.5 Å². The fourth-order valence-electron chi connectivity index (χ4n) is 2.39. The second-order valence-corrected chi connectivity index (χ2v) is 6.63. The third-order valence-electron chi connectivity index (χ3n) is 3.66. The number of rotatable bonds is 7. The topological polar surface area (TPSA) is 66.6 Å². The van der Waals surface area contributed by atoms with Gasteiger partial charge in [-0.25, -0.2) is 0 Å². The van der Waals surface area contributed by atoms with Crippen molar-refractivity contribution in [3.63, 3.8) is 0 Å². The summed E-state index contributed by atoms with van der Waals surface area (Å²) in [5.41, 5.74) is 6.29. The molecule has 2 rings (SSSR count). The zero-order chi connectivity index (χ0) is 15.8. The van der Waals surface area contributed by atoms with Crippen LogP contribution in [-0.2, 0) is 16.1 Å². The molecule has 2 amide bonds. The highest BCUT2D eigenvalue weighted by Gasteiger charge is 2.19. The number of carbonyl (C=O) groups excluding carboxylic acids is 2. The van der Waals surface area contributed by atoms with Crippen molar-refractivity contribution in [3.8, 4) is 0 Å². The van der Waals surface area contributed by atoms with Crippen LogP contribution in [0.15, 0.2) is 30.3 Å². The van der Waals surface area contributed by atoms with Crippen molar-refractivity contribution in [1.29, 1.82) is 0 Å². The van der Waals surface area contributed by atoms with E-state index in [0.717, 1.165) is 30.2 Å². The van der Waals surface area contributed by atoms with E-state index in [0.29, 0.717) is 19.6 Å². The van der Waals surface area contributed by atoms with Crippen molar-refractivity contribution in [2.24, 2.45) is 5.73 Å². The summed E-state index contributed by atoms with van der Waals surface area (Å²) in [6.07, 6.45) is 0.203. The molecule has 6 heteroatoms. The van der Waals surface area contributed by atoms with E-state index in [9.17, 15) is 9.59 Å². The van der Waals surface area contributed by atoms with Crippen molar-refractivity contribution in [1.82, 2.24) is 9.80 Å². The molecule has 0 unspecified atom stereocenters. The first-order valence-corrected chi connectivity index (χ1v) is 8.71. The molecule has 0 spiro atoms. The molecule has 0 bridgehead atoms. The maximum Gasteiger partial charge on any atom is 0.237 e. The fourth-order valence-corrected chi connectivity index (χ4v) is 3.37. The maximum atomic E-state index is 12.6. The van der Waals surface area contributed by atoms with Gasteiger partial charge in [-0.2, -0.15) is 11.8 Å². The van der Waals surface area contributed by atoms with Gasteiger partial charge in [0.15, 0.2) is 0 Å². The van der Waals surface area contributed by atoms with Gasteiger partial charge in [0, 0.05) is 44.1 Å². The Morgan fingerprint density at radius 3 is 2.50 bits per heavy atom. The zero-order valence-corrected chi connectivity index (χ0v) is 13.6. The highest BCUT2D eigenvalue weighted by Crippen LogP contribution is 2.11. The number of amides is 2. The van der Waals surface area contributed by atoms with Crippen LogP contribution < -0.4 is 5.73 Å². The molecule has 0 saturated carbocycles. The van der Waals surface area contributed by atoms with Crippen molar-refractivity contribution in [2.75, 3.05) is 37.7 Å². The van der Waals surface area contributed by atoms with E-state index in [1.807, 2.05) is 42.1 Å². The highest BCUT2D eigenvalue weighted by atomic mass is 32.2. The molecule has 0 aromatic heterocycles. The second-order valence-electron chi connectivity index (χ2n) is 5.41. The van der Waals surface area contributed by atoms with Crippen LogP contribution in [0, 0.1) is 0 Å². The molecular weight excluding hydrogens is 298 g/mol. The van der Waals surface area contributed by atoms with Crippen LogP contribution in [0.2, 0.25) is 0 Å². The van der Waals surface area contributed by atoms with Crippen LogP contribution in [0.4, 0.5) is 0 Å². The summed E-state index contributed by atoms with van der Waals surface area (Å²) in [5.74, 6) is 1.85. The summed E-state index contributed by atoms with van der Waals surface area (Å²) in [6, 6.07) is 9.83. The van der Waals surface area contributed by atoms with Gasteiger partial charge in [-0.1, -0.05) is 30.3 Å². The van der Waals surface area contributed by atoms with Crippen LogP contribution in [0.5, 0.6) is 0 Å². The number of primary amides is 1. The molecule has 1 aromatic carbocycles. The lowest BCUT2D eigenvalue weighted by molar-refractivity contribution is -0.133. The largest absolute Gasteiger partial charge is 0.370 e. The number of nitrogens with two attached hydrogens (primary N) is 1. The lowest BCUT2D eigenvalue weighted by Crippen LogP contribution is -2.43. The first-order chi connectivity index (χ1) is 10.6. The minimum Gasteiger partial charge on any atom is -0.370 e. The van der Waals surface area contributed by atoms with Gasteiger partial charge in [-0.05, 0) is 5.56 Å². The molecule has 0 atom stereocenters. The average molecular weight is 321 g/mol. The molecule has 1 saturated heterocycles. The van der Waals surface area contributed by atoms with E-state index in [4.69, 9.17) is 5.73 Å². The maximum absolute atomic E-state index is 12.6. The van der Waals surface area contributed by atoms with Gasteiger partial charge < -0.3 is 10.6 Å². The highest BCUT2D eigenvalue weighted by molar-refractivity contribution is 7.99. The van der Waals surface area contributed by atoms with Gasteiger partial charge in [0.1, 0.15) is 0 Å². The number of carbonyl (C=O) groups is 2. The quantitative estimate of drug-likeness (QED) is 0.812. The van der Waals surface area contributed by atoms with E-state index in [1.165, 1.54) is 0 Å². The summed E-state index contributed by atoms with van der Waals surface area (Å²) in [7, 11) is 0. The van der Waals surface area contributed by atoms with Gasteiger partial charge in [0.05, 0.1) is 6.54 Å². The smallest absolute Gasteiger partial charge is 0.237 e. The van der Waals surface area contributed by atoms with E-state index in [-0.39, 0.29) is 18.2 Å². The molecule has 0 aliphatic carbocycles. The van der Waals surface area contributed by atoms with Crippen LogP contribution >= 0.6 is 11.8 Å². The summed E-state index contributed by atoms with van der Waals surface area (Å²) in [5, 5.41) is 0. The second kappa shape index (κ2) is 8.80. The monoisotopic (exact) mass is 321 g/mol. The Morgan fingerprint density at radius 1 is 1.18 bits per heavy atom. The predicted molar refractivity (Wildman–Crippen MR) is 89.4 cm³/mol. The molecule has 22 heavy (non-hydrogen) atoms. The number of hydrogen-bond acceptors (Lipinski definition) is 4. The average Bonchev–Trinajstić information content (AvgIpc) is 2.53.